The molecule has 0 unspecified atom stereocenters. The van der Waals surface area contributed by atoms with Crippen LogP contribution in [-0.2, 0) is 4.79 Å². The van der Waals surface area contributed by atoms with Crippen LogP contribution in [0.2, 0.25) is 0 Å². The third-order valence-electron chi connectivity index (χ3n) is 4.90. The zero-order valence-corrected chi connectivity index (χ0v) is 12.5. The zero-order valence-electron chi connectivity index (χ0n) is 12.5. The second kappa shape index (κ2) is 6.22. The molecule has 2 saturated heterocycles. The SMILES string of the molecule is O=C(O)[C@@H]1CCCN(C(=O)N2CCN(CC3CC3)CC2)C1. The molecule has 1 atom stereocenters. The Kier molecular flexibility index (Phi) is 4.33. The lowest BCUT2D eigenvalue weighted by Crippen LogP contribution is -2.55. The van der Waals surface area contributed by atoms with Crippen molar-refractivity contribution in [3.8, 4) is 0 Å². The summed E-state index contributed by atoms with van der Waals surface area (Å²) < 4.78 is 0. The molecule has 0 aromatic rings. The second-order valence-electron chi connectivity index (χ2n) is 6.64. The topological polar surface area (TPSA) is 64.1 Å². The number of carbonyl (C=O) groups excluding carboxylic acids is 1. The van der Waals surface area contributed by atoms with Crippen molar-refractivity contribution in [2.45, 2.75) is 25.7 Å². The summed E-state index contributed by atoms with van der Waals surface area (Å²) in [6.45, 7) is 5.73. The molecule has 0 aromatic carbocycles. The molecule has 1 N–H and O–H groups in total. The summed E-state index contributed by atoms with van der Waals surface area (Å²) in [6, 6.07) is 0.0343. The molecule has 0 radical (unpaired) electrons. The number of carboxylic acid groups (broad SMARTS) is 1. The lowest BCUT2D eigenvalue weighted by molar-refractivity contribution is -0.143. The maximum Gasteiger partial charge on any atom is 0.320 e. The summed E-state index contributed by atoms with van der Waals surface area (Å²) >= 11 is 0. The van der Waals surface area contributed by atoms with Crippen molar-refractivity contribution in [2.75, 3.05) is 45.8 Å². The van der Waals surface area contributed by atoms with E-state index in [1.165, 1.54) is 19.4 Å². The van der Waals surface area contributed by atoms with Gasteiger partial charge in [0, 0.05) is 45.8 Å². The van der Waals surface area contributed by atoms with Crippen LogP contribution >= 0.6 is 0 Å². The van der Waals surface area contributed by atoms with Gasteiger partial charge in [0.05, 0.1) is 5.92 Å². The van der Waals surface area contributed by atoms with Gasteiger partial charge in [-0.05, 0) is 31.6 Å². The number of hydrogen-bond donors (Lipinski definition) is 1. The van der Waals surface area contributed by atoms with Crippen molar-refractivity contribution in [2.24, 2.45) is 11.8 Å². The molecule has 2 amide bonds. The summed E-state index contributed by atoms with van der Waals surface area (Å²) in [4.78, 5) is 29.7. The van der Waals surface area contributed by atoms with E-state index in [0.29, 0.717) is 19.5 Å². The number of hydrogen-bond acceptors (Lipinski definition) is 3. The van der Waals surface area contributed by atoms with Gasteiger partial charge < -0.3 is 14.9 Å². The summed E-state index contributed by atoms with van der Waals surface area (Å²) in [5.74, 6) is -0.272. The van der Waals surface area contributed by atoms with E-state index >= 15 is 0 Å². The molecule has 3 rings (SSSR count). The minimum absolute atomic E-state index is 0.0343. The van der Waals surface area contributed by atoms with Gasteiger partial charge in [0.15, 0.2) is 0 Å². The molecule has 0 bridgehead atoms. The smallest absolute Gasteiger partial charge is 0.320 e. The normalized spacial score (nSPS) is 27.7. The van der Waals surface area contributed by atoms with E-state index in [4.69, 9.17) is 5.11 Å². The average molecular weight is 295 g/mol. The third kappa shape index (κ3) is 3.67. The van der Waals surface area contributed by atoms with Crippen LogP contribution in [0.3, 0.4) is 0 Å². The minimum atomic E-state index is -0.776. The Bertz CT molecular complexity index is 403. The fourth-order valence-corrected chi connectivity index (χ4v) is 3.34. The van der Waals surface area contributed by atoms with E-state index < -0.39 is 5.97 Å². The first-order chi connectivity index (χ1) is 10.1. The summed E-state index contributed by atoms with van der Waals surface area (Å²) in [5.41, 5.74) is 0. The highest BCUT2D eigenvalue weighted by atomic mass is 16.4. The number of carbonyl (C=O) groups is 2. The number of piperidine rings is 1. The van der Waals surface area contributed by atoms with Crippen LogP contribution in [0.5, 0.6) is 0 Å². The van der Waals surface area contributed by atoms with Crippen molar-refractivity contribution in [3.63, 3.8) is 0 Å². The first kappa shape index (κ1) is 14.6. The molecule has 118 valence electrons. The molecule has 0 spiro atoms. The first-order valence-electron chi connectivity index (χ1n) is 8.12. The van der Waals surface area contributed by atoms with Crippen LogP contribution in [0.1, 0.15) is 25.7 Å². The average Bonchev–Trinajstić information content (AvgIpc) is 3.31. The van der Waals surface area contributed by atoms with Crippen molar-refractivity contribution in [3.05, 3.63) is 0 Å². The lowest BCUT2D eigenvalue weighted by atomic mass is 9.98. The van der Waals surface area contributed by atoms with Gasteiger partial charge in [-0.3, -0.25) is 9.69 Å². The van der Waals surface area contributed by atoms with Crippen molar-refractivity contribution >= 4 is 12.0 Å². The minimum Gasteiger partial charge on any atom is -0.481 e. The van der Waals surface area contributed by atoms with Crippen molar-refractivity contribution in [1.82, 2.24) is 14.7 Å². The van der Waals surface area contributed by atoms with E-state index in [1.54, 1.807) is 4.90 Å². The largest absolute Gasteiger partial charge is 0.481 e. The molecule has 1 aliphatic carbocycles. The summed E-state index contributed by atoms with van der Waals surface area (Å²) in [5, 5.41) is 9.11. The monoisotopic (exact) mass is 295 g/mol. The quantitative estimate of drug-likeness (QED) is 0.841. The Morgan fingerprint density at radius 2 is 1.67 bits per heavy atom. The Morgan fingerprint density at radius 1 is 0.952 bits per heavy atom. The fourth-order valence-electron chi connectivity index (χ4n) is 3.34. The molecule has 6 heteroatoms. The van der Waals surface area contributed by atoms with Crippen LogP contribution in [0.25, 0.3) is 0 Å². The molecule has 3 aliphatic rings. The first-order valence-corrected chi connectivity index (χ1v) is 8.12. The third-order valence-corrected chi connectivity index (χ3v) is 4.90. The zero-order chi connectivity index (χ0) is 14.8. The van der Waals surface area contributed by atoms with Gasteiger partial charge in [-0.25, -0.2) is 4.79 Å². The Hall–Kier alpha value is -1.30. The van der Waals surface area contributed by atoms with E-state index in [0.717, 1.165) is 38.5 Å². The highest BCUT2D eigenvalue weighted by Gasteiger charge is 2.32. The molecule has 1 saturated carbocycles. The highest BCUT2D eigenvalue weighted by Crippen LogP contribution is 2.30. The van der Waals surface area contributed by atoms with Gasteiger partial charge in [0.2, 0.25) is 0 Å². The maximum atomic E-state index is 12.5. The number of aliphatic carboxylic acids is 1. The molecule has 3 fully saturated rings. The van der Waals surface area contributed by atoms with Crippen molar-refractivity contribution < 1.29 is 14.7 Å². The number of rotatable bonds is 3. The number of nitrogens with zero attached hydrogens (tertiary/aromatic N) is 3. The van der Waals surface area contributed by atoms with Gasteiger partial charge in [0.1, 0.15) is 0 Å². The van der Waals surface area contributed by atoms with Crippen LogP contribution in [0.15, 0.2) is 0 Å². The molecule has 21 heavy (non-hydrogen) atoms. The van der Waals surface area contributed by atoms with Gasteiger partial charge >= 0.3 is 12.0 Å². The molecule has 0 aromatic heterocycles. The van der Waals surface area contributed by atoms with E-state index in [-0.39, 0.29) is 11.9 Å². The number of urea groups is 1. The van der Waals surface area contributed by atoms with Crippen LogP contribution in [0, 0.1) is 11.8 Å². The fraction of sp³-hybridized carbons (Fsp3) is 0.867. The molecule has 2 heterocycles. The highest BCUT2D eigenvalue weighted by molar-refractivity contribution is 5.76. The number of piperazine rings is 1. The lowest BCUT2D eigenvalue weighted by Gasteiger charge is -2.39. The van der Waals surface area contributed by atoms with Gasteiger partial charge in [0.25, 0.3) is 0 Å². The summed E-state index contributed by atoms with van der Waals surface area (Å²) in [7, 11) is 0. The van der Waals surface area contributed by atoms with E-state index in [1.807, 2.05) is 4.90 Å². The Balaban J connectivity index is 1.47. The molecule has 6 nitrogen and oxygen atoms in total. The Morgan fingerprint density at radius 3 is 2.29 bits per heavy atom. The number of amides is 2. The summed E-state index contributed by atoms with van der Waals surface area (Å²) in [6.07, 6.45) is 4.21. The molecule has 2 aliphatic heterocycles. The van der Waals surface area contributed by atoms with Crippen LogP contribution < -0.4 is 0 Å². The van der Waals surface area contributed by atoms with Gasteiger partial charge in [-0.2, -0.15) is 0 Å². The number of carboxylic acids is 1. The maximum absolute atomic E-state index is 12.5. The van der Waals surface area contributed by atoms with E-state index in [9.17, 15) is 9.59 Å². The van der Waals surface area contributed by atoms with E-state index in [2.05, 4.69) is 4.90 Å². The number of likely N-dealkylation sites (tertiary alicyclic amines) is 1. The second-order valence-corrected chi connectivity index (χ2v) is 6.64. The standard InChI is InChI=1S/C15H25N3O3/c19-14(20)13-2-1-5-18(11-13)15(21)17-8-6-16(7-9-17)10-12-3-4-12/h12-13H,1-11H2,(H,19,20)/t13-/m1/s1. The predicted molar refractivity (Wildman–Crippen MR) is 78.1 cm³/mol. The molecular weight excluding hydrogens is 270 g/mol. The van der Waals surface area contributed by atoms with Crippen LogP contribution in [0.4, 0.5) is 4.79 Å². The Labute approximate surface area is 125 Å². The van der Waals surface area contributed by atoms with Crippen LogP contribution in [-0.4, -0.2) is 77.6 Å². The van der Waals surface area contributed by atoms with Gasteiger partial charge in [-0.15, -0.1) is 0 Å². The van der Waals surface area contributed by atoms with Crippen molar-refractivity contribution in [1.29, 1.82) is 0 Å². The predicted octanol–water partition coefficient (Wildman–Crippen LogP) is 0.931. The van der Waals surface area contributed by atoms with Gasteiger partial charge in [-0.1, -0.05) is 0 Å². The molecular formula is C15H25N3O3.